The predicted molar refractivity (Wildman–Crippen MR) is 530 cm³/mol. The SMILES string of the molecule is CCCCC/C=C\C/C=C\CCCCCCCC(=O)OCl.CCCCC/C=C\C/C=C\CCCCCCCC(=O)OCl.CCCCC/C=C\C/C=C\CCCCCCCC(=O)O[Si](OC(=O)CCCCCCC/C=C\C/C=C\CCCCC)(OC(=O)CCCCCCC/C=C\C/C=C\CCCCC)OC(=O)CCCCCCC/C=C\C/C=C\CCCCC. The van der Waals surface area contributed by atoms with Crippen LogP contribution in [0.1, 0.15) is 504 Å². The molecule has 0 radical (unpaired) electrons. The van der Waals surface area contributed by atoms with E-state index in [-0.39, 0.29) is 37.6 Å². The van der Waals surface area contributed by atoms with Crippen LogP contribution in [0.15, 0.2) is 146 Å². The Morgan fingerprint density at radius 3 is 0.431 bits per heavy atom. The topological polar surface area (TPSA) is 158 Å². The van der Waals surface area contributed by atoms with Crippen molar-refractivity contribution in [3.8, 4) is 0 Å². The van der Waals surface area contributed by atoms with Gasteiger partial charge in [-0.3, -0.25) is 28.8 Å². The summed E-state index contributed by atoms with van der Waals surface area (Å²) in [6, 6.07) is 0. The molecule has 123 heavy (non-hydrogen) atoms. The molecule has 0 heterocycles. The fraction of sp³-hybridized carbons (Fsp3) is 0.722. The van der Waals surface area contributed by atoms with E-state index in [1.165, 1.54) is 167 Å². The summed E-state index contributed by atoms with van der Waals surface area (Å²) in [7, 11) is -4.93. The maximum Gasteiger partial charge on any atom is 0.974 e. The van der Waals surface area contributed by atoms with Crippen LogP contribution < -0.4 is 0 Å². The molecule has 0 spiro atoms. The van der Waals surface area contributed by atoms with E-state index in [1.54, 1.807) is 0 Å². The van der Waals surface area contributed by atoms with Crippen LogP contribution in [0, 0.1) is 0 Å². The second kappa shape index (κ2) is 107. The summed E-state index contributed by atoms with van der Waals surface area (Å²) in [6.45, 7) is 13.4. The fourth-order valence-electron chi connectivity index (χ4n) is 13.4. The van der Waals surface area contributed by atoms with Crippen LogP contribution in [0.2, 0.25) is 0 Å². The van der Waals surface area contributed by atoms with Gasteiger partial charge in [0.1, 0.15) is 23.7 Å². The smallest absolute Gasteiger partial charge is 0.423 e. The third-order valence-electron chi connectivity index (χ3n) is 21.1. The molecule has 0 aliphatic rings. The minimum atomic E-state index is -4.93. The average molecular weight is 1780 g/mol. The van der Waals surface area contributed by atoms with E-state index < -0.39 is 32.9 Å². The normalized spacial score (nSPS) is 12.1. The van der Waals surface area contributed by atoms with E-state index in [9.17, 15) is 28.8 Å². The second-order valence-electron chi connectivity index (χ2n) is 33.2. The highest BCUT2D eigenvalue weighted by Crippen LogP contribution is 2.23. The number of halogens is 2. The molecule has 0 unspecified atom stereocenters. The summed E-state index contributed by atoms with van der Waals surface area (Å²) in [4.78, 5) is 76.2. The Balaban J connectivity index is -0.00000276. The minimum Gasteiger partial charge on any atom is -0.423 e. The molecule has 0 aliphatic carbocycles. The van der Waals surface area contributed by atoms with Crippen molar-refractivity contribution in [1.82, 2.24) is 0 Å². The van der Waals surface area contributed by atoms with Gasteiger partial charge in [0, 0.05) is 38.5 Å². The third-order valence-corrected chi connectivity index (χ3v) is 23.4. The van der Waals surface area contributed by atoms with Gasteiger partial charge in [-0.25, -0.2) is 0 Å². The summed E-state index contributed by atoms with van der Waals surface area (Å²) < 4.78 is 31.7. The Kier molecular flexibility index (Phi) is 106. The molecule has 0 aliphatic heterocycles. The van der Waals surface area contributed by atoms with Crippen molar-refractivity contribution < 1.29 is 55.0 Å². The Morgan fingerprint density at radius 1 is 0.171 bits per heavy atom. The van der Waals surface area contributed by atoms with Gasteiger partial charge in [-0.1, -0.05) is 380 Å². The standard InChI is InChI=1S/C72H124O8Si.2C18H31ClO2/c1-5-9-13-17-21-25-29-33-37-41-45-49-53-57-61-65-69(73)77-81(78-70(74)66-62-58-54-50-46-42-38-34-30-26-22-18-14-10-6-2,79-71(75)67-63-59-55-51-47-43-39-35-31-27-23-19-15-11-7-3)80-72(76)68-64-60-56-52-48-44-40-36-32-28-24-20-16-12-8-4;2*1-2-3-4-5-6-7-8-9-10-11-12-13-14-15-16-17-18(20)21-19/h21-28,33-40H,5-20,29-32,41-68H2,1-4H3;2*6-7,9-10H,2-5,8,11-17H2,1H3/b25-21-,26-22-,27-23-,28-24-,37-33-,38-34-,39-35-,40-36-;2*7-6-,10-9-. The molecule has 0 aromatic heterocycles. The molecule has 0 saturated carbocycles. The van der Waals surface area contributed by atoms with Crippen LogP contribution in [0.4, 0.5) is 0 Å². The molecule has 0 saturated heterocycles. The summed E-state index contributed by atoms with van der Waals surface area (Å²) in [5.74, 6) is -3.39. The van der Waals surface area contributed by atoms with Crippen LogP contribution in [0.3, 0.4) is 0 Å². The molecule has 0 bridgehead atoms. The van der Waals surface area contributed by atoms with Gasteiger partial charge < -0.3 is 26.3 Å². The molecule has 0 N–H and O–H groups in total. The van der Waals surface area contributed by atoms with Crippen molar-refractivity contribution >= 4 is 68.6 Å². The number of hydrogen-bond acceptors (Lipinski definition) is 12. The quantitative estimate of drug-likeness (QED) is 0.0323. The maximum absolute atomic E-state index is 13.7. The first-order valence-corrected chi connectivity index (χ1v) is 53.0. The lowest BCUT2D eigenvalue weighted by Gasteiger charge is -2.25. The first-order valence-electron chi connectivity index (χ1n) is 50.7. The molecule has 0 aromatic carbocycles. The molecule has 0 fully saturated rings. The molecule has 12 nitrogen and oxygen atoms in total. The van der Waals surface area contributed by atoms with Gasteiger partial charge in [0.25, 0.3) is 23.9 Å². The number of rotatable bonds is 88. The Labute approximate surface area is 768 Å². The zero-order valence-electron chi connectivity index (χ0n) is 79.9. The largest absolute Gasteiger partial charge is 0.974 e. The lowest BCUT2D eigenvalue weighted by atomic mass is 10.1. The van der Waals surface area contributed by atoms with Crippen LogP contribution in [0.5, 0.6) is 0 Å². The van der Waals surface area contributed by atoms with Crippen molar-refractivity contribution in [3.63, 3.8) is 0 Å². The van der Waals surface area contributed by atoms with Gasteiger partial charge in [-0.05, 0) is 231 Å². The number of hydrogen-bond donors (Lipinski definition) is 0. The zero-order chi connectivity index (χ0) is 90.1. The number of carbonyl (C=O) groups is 6. The molecule has 0 amide bonds. The van der Waals surface area contributed by atoms with Gasteiger partial charge in [0.2, 0.25) is 0 Å². The second-order valence-corrected chi connectivity index (χ2v) is 35.3. The number of carbonyl (C=O) groups excluding carboxylic acids is 6. The van der Waals surface area contributed by atoms with Crippen LogP contribution in [-0.4, -0.2) is 44.9 Å². The van der Waals surface area contributed by atoms with Crippen molar-refractivity contribution in [2.45, 2.75) is 504 Å². The highest BCUT2D eigenvalue weighted by Gasteiger charge is 2.62. The monoisotopic (exact) mass is 1770 g/mol. The van der Waals surface area contributed by atoms with Gasteiger partial charge >= 0.3 is 21.0 Å². The summed E-state index contributed by atoms with van der Waals surface area (Å²) >= 11 is 9.91. The molecule has 0 rings (SSSR count). The highest BCUT2D eigenvalue weighted by molar-refractivity contribution is 6.61. The first kappa shape index (κ1) is 122. The van der Waals surface area contributed by atoms with E-state index in [4.69, 9.17) is 41.4 Å². The fourth-order valence-corrected chi connectivity index (χ4v) is 15.4. The van der Waals surface area contributed by atoms with Crippen molar-refractivity contribution in [2.75, 3.05) is 0 Å². The van der Waals surface area contributed by atoms with E-state index >= 15 is 0 Å². The molecular formula is C108H186Cl2O12Si. The number of allylic oxidation sites excluding steroid dienone is 24. The summed E-state index contributed by atoms with van der Waals surface area (Å²) in [5.41, 5.74) is 0. The summed E-state index contributed by atoms with van der Waals surface area (Å²) in [6.07, 6.45) is 127. The van der Waals surface area contributed by atoms with Gasteiger partial charge in [-0.15, -0.1) is 0 Å². The van der Waals surface area contributed by atoms with Crippen LogP contribution >= 0.6 is 23.7 Å². The third kappa shape index (κ3) is 105. The minimum absolute atomic E-state index is 0.0344. The van der Waals surface area contributed by atoms with E-state index in [1.807, 2.05) is 0 Å². The van der Waals surface area contributed by atoms with E-state index in [0.717, 1.165) is 231 Å². The molecular weight excluding hydrogens is 1590 g/mol. The molecule has 0 atom stereocenters. The Bertz CT molecular complexity index is 2400. The lowest BCUT2D eigenvalue weighted by Crippen LogP contribution is -2.54. The van der Waals surface area contributed by atoms with Gasteiger partial charge in [0.05, 0.1) is 0 Å². The molecule has 15 heteroatoms. The predicted octanol–water partition coefficient (Wildman–Crippen LogP) is 35.8. The van der Waals surface area contributed by atoms with Crippen LogP contribution in [0.25, 0.3) is 0 Å². The first-order chi connectivity index (χ1) is 60.4. The maximum atomic E-state index is 13.7. The van der Waals surface area contributed by atoms with Crippen LogP contribution in [-0.2, 0) is 55.0 Å². The van der Waals surface area contributed by atoms with Crippen molar-refractivity contribution in [3.05, 3.63) is 146 Å². The van der Waals surface area contributed by atoms with Crippen molar-refractivity contribution in [2.24, 2.45) is 0 Å². The zero-order valence-corrected chi connectivity index (χ0v) is 82.4. The Morgan fingerprint density at radius 2 is 0.293 bits per heavy atom. The van der Waals surface area contributed by atoms with E-state index in [2.05, 4.69) is 196 Å². The Hall–Kier alpha value is -5.50. The lowest BCUT2D eigenvalue weighted by molar-refractivity contribution is -0.163. The highest BCUT2D eigenvalue weighted by atomic mass is 35.5. The molecule has 0 aromatic rings. The summed E-state index contributed by atoms with van der Waals surface area (Å²) in [5, 5.41) is 0. The van der Waals surface area contributed by atoms with Gasteiger partial charge in [0.15, 0.2) is 0 Å². The van der Waals surface area contributed by atoms with Crippen molar-refractivity contribution in [1.29, 1.82) is 0 Å². The average Bonchev–Trinajstić information content (AvgIpc) is 0.827. The number of unbranched alkanes of at least 4 members (excludes halogenated alkanes) is 48. The van der Waals surface area contributed by atoms with Gasteiger partial charge in [-0.2, -0.15) is 0 Å². The van der Waals surface area contributed by atoms with E-state index in [0.29, 0.717) is 38.5 Å². The molecule has 708 valence electrons.